The van der Waals surface area contributed by atoms with Crippen molar-refractivity contribution in [3.63, 3.8) is 0 Å². The van der Waals surface area contributed by atoms with Crippen molar-refractivity contribution in [2.45, 2.75) is 25.5 Å². The van der Waals surface area contributed by atoms with Gasteiger partial charge in [-0.1, -0.05) is 36.2 Å². The van der Waals surface area contributed by atoms with E-state index in [0.717, 1.165) is 12.8 Å². The highest BCUT2D eigenvalue weighted by Crippen LogP contribution is 2.25. The highest BCUT2D eigenvalue weighted by atomic mass is 35.5. The Morgan fingerprint density at radius 2 is 2.11 bits per heavy atom. The minimum absolute atomic E-state index is 0.0598. The van der Waals surface area contributed by atoms with Crippen molar-refractivity contribution in [2.24, 2.45) is 5.92 Å². The van der Waals surface area contributed by atoms with Crippen LogP contribution in [0, 0.1) is 5.92 Å². The molecule has 1 atom stereocenters. The van der Waals surface area contributed by atoms with Gasteiger partial charge in [0.1, 0.15) is 0 Å². The molecule has 1 aliphatic rings. The van der Waals surface area contributed by atoms with E-state index >= 15 is 0 Å². The molecule has 19 heavy (non-hydrogen) atoms. The predicted molar refractivity (Wildman–Crippen MR) is 79.1 cm³/mol. The van der Waals surface area contributed by atoms with Gasteiger partial charge in [0.05, 0.1) is 5.75 Å². The lowest BCUT2D eigenvalue weighted by molar-refractivity contribution is 0.281. The van der Waals surface area contributed by atoms with Crippen molar-refractivity contribution >= 4 is 33.2 Å². The molecule has 0 saturated carbocycles. The highest BCUT2D eigenvalue weighted by Gasteiger charge is 2.27. The third-order valence-corrected chi connectivity index (χ3v) is 5.75. The number of benzene rings is 1. The molecule has 0 aromatic heterocycles. The van der Waals surface area contributed by atoms with Crippen LogP contribution in [0.1, 0.15) is 25.3 Å². The second-order valence-corrected chi connectivity index (χ2v) is 7.91. The summed E-state index contributed by atoms with van der Waals surface area (Å²) in [6.45, 7) is 3.29. The molecule has 1 aromatic rings. The van der Waals surface area contributed by atoms with Gasteiger partial charge in [-0.2, -0.15) is 0 Å². The van der Waals surface area contributed by atoms with Crippen molar-refractivity contribution in [1.82, 2.24) is 4.31 Å². The number of hydrogen-bond donors (Lipinski definition) is 0. The van der Waals surface area contributed by atoms with Gasteiger partial charge in [-0.3, -0.25) is 0 Å². The number of sulfonamides is 1. The van der Waals surface area contributed by atoms with Gasteiger partial charge in [-0.25, -0.2) is 12.7 Å². The van der Waals surface area contributed by atoms with E-state index in [1.807, 2.05) is 0 Å². The van der Waals surface area contributed by atoms with Crippen LogP contribution in [-0.4, -0.2) is 25.8 Å². The fourth-order valence-electron chi connectivity index (χ4n) is 2.33. The smallest absolute Gasteiger partial charge is 0.212 e. The van der Waals surface area contributed by atoms with E-state index in [9.17, 15) is 8.42 Å². The van der Waals surface area contributed by atoms with Gasteiger partial charge < -0.3 is 0 Å². The summed E-state index contributed by atoms with van der Waals surface area (Å²) < 4.78 is 26.3. The monoisotopic (exact) mass is 321 g/mol. The average Bonchev–Trinajstić information content (AvgIpc) is 2.33. The lowest BCUT2D eigenvalue weighted by Gasteiger charge is -2.30. The van der Waals surface area contributed by atoms with E-state index in [1.54, 1.807) is 22.5 Å². The first kappa shape index (κ1) is 15.1. The van der Waals surface area contributed by atoms with Gasteiger partial charge in [0.2, 0.25) is 10.0 Å². The summed E-state index contributed by atoms with van der Waals surface area (Å²) >= 11 is 11.8. The summed E-state index contributed by atoms with van der Waals surface area (Å²) in [7, 11) is -3.30. The maximum atomic E-state index is 12.4. The van der Waals surface area contributed by atoms with E-state index in [-0.39, 0.29) is 5.75 Å². The van der Waals surface area contributed by atoms with E-state index in [2.05, 4.69) is 6.92 Å². The third-order valence-electron chi connectivity index (χ3n) is 3.37. The molecule has 0 unspecified atom stereocenters. The van der Waals surface area contributed by atoms with Crippen LogP contribution in [0.2, 0.25) is 10.0 Å². The summed E-state index contributed by atoms with van der Waals surface area (Å²) in [6, 6.07) is 4.92. The Hall–Kier alpha value is -0.290. The maximum Gasteiger partial charge on any atom is 0.218 e. The van der Waals surface area contributed by atoms with E-state index < -0.39 is 10.0 Å². The van der Waals surface area contributed by atoms with Gasteiger partial charge in [0, 0.05) is 23.1 Å². The first-order valence-corrected chi connectivity index (χ1v) is 8.67. The molecule has 2 rings (SSSR count). The fraction of sp³-hybridized carbons (Fsp3) is 0.538. The summed E-state index contributed by atoms with van der Waals surface area (Å²) in [4.78, 5) is 0. The van der Waals surface area contributed by atoms with Crippen LogP contribution in [-0.2, 0) is 15.8 Å². The summed E-state index contributed by atoms with van der Waals surface area (Å²) in [5.74, 6) is 0.361. The topological polar surface area (TPSA) is 37.4 Å². The Balaban J connectivity index is 2.16. The maximum absolute atomic E-state index is 12.4. The predicted octanol–water partition coefficient (Wildman–Crippen LogP) is 3.56. The van der Waals surface area contributed by atoms with Gasteiger partial charge >= 0.3 is 0 Å². The number of rotatable bonds is 3. The Bertz CT molecular complexity index is 560. The molecular weight excluding hydrogens is 305 g/mol. The molecule has 0 bridgehead atoms. The van der Waals surface area contributed by atoms with Crippen molar-refractivity contribution in [1.29, 1.82) is 0 Å². The van der Waals surface area contributed by atoms with Crippen molar-refractivity contribution in [3.8, 4) is 0 Å². The molecule has 0 spiro atoms. The van der Waals surface area contributed by atoms with Crippen molar-refractivity contribution < 1.29 is 8.42 Å². The summed E-state index contributed by atoms with van der Waals surface area (Å²) in [5.41, 5.74) is 0.601. The zero-order valence-corrected chi connectivity index (χ0v) is 13.1. The van der Waals surface area contributed by atoms with E-state index in [4.69, 9.17) is 23.2 Å². The Kier molecular flexibility index (Phi) is 4.77. The van der Waals surface area contributed by atoms with Crippen LogP contribution in [0.3, 0.4) is 0 Å². The van der Waals surface area contributed by atoms with Crippen LogP contribution in [0.5, 0.6) is 0 Å². The first-order chi connectivity index (χ1) is 8.88. The number of hydrogen-bond acceptors (Lipinski definition) is 2. The number of piperidine rings is 1. The Labute approximate surface area is 124 Å². The van der Waals surface area contributed by atoms with Gasteiger partial charge in [-0.05, 0) is 36.5 Å². The highest BCUT2D eigenvalue weighted by molar-refractivity contribution is 7.88. The molecule has 1 aliphatic heterocycles. The van der Waals surface area contributed by atoms with Crippen LogP contribution < -0.4 is 0 Å². The Morgan fingerprint density at radius 1 is 1.37 bits per heavy atom. The summed E-state index contributed by atoms with van der Waals surface area (Å²) in [5, 5.41) is 0.916. The number of nitrogens with zero attached hydrogens (tertiary/aromatic N) is 1. The van der Waals surface area contributed by atoms with Crippen molar-refractivity contribution in [3.05, 3.63) is 33.8 Å². The van der Waals surface area contributed by atoms with Crippen LogP contribution in [0.4, 0.5) is 0 Å². The molecule has 0 N–H and O–H groups in total. The Morgan fingerprint density at radius 3 is 2.74 bits per heavy atom. The lowest BCUT2D eigenvalue weighted by atomic mass is 10.0. The quantitative estimate of drug-likeness (QED) is 0.853. The summed E-state index contributed by atoms with van der Waals surface area (Å²) in [6.07, 6.45) is 2.02. The lowest BCUT2D eigenvalue weighted by Crippen LogP contribution is -2.39. The van der Waals surface area contributed by atoms with Gasteiger partial charge in [0.15, 0.2) is 0 Å². The largest absolute Gasteiger partial charge is 0.218 e. The normalized spacial score (nSPS) is 21.5. The fourth-order valence-corrected chi connectivity index (χ4v) is 4.60. The zero-order chi connectivity index (χ0) is 14.0. The second kappa shape index (κ2) is 6.00. The average molecular weight is 322 g/mol. The van der Waals surface area contributed by atoms with E-state index in [0.29, 0.717) is 34.6 Å². The minimum atomic E-state index is -3.30. The molecule has 1 aromatic carbocycles. The molecule has 0 amide bonds. The molecule has 1 saturated heterocycles. The molecule has 1 heterocycles. The van der Waals surface area contributed by atoms with E-state index in [1.165, 1.54) is 0 Å². The molecule has 106 valence electrons. The SMILES string of the molecule is C[C@H]1CCCN(S(=O)(=O)Cc2ccc(Cl)cc2Cl)C1. The molecule has 0 radical (unpaired) electrons. The molecule has 0 aliphatic carbocycles. The van der Waals surface area contributed by atoms with Gasteiger partial charge in [0.25, 0.3) is 0 Å². The third kappa shape index (κ3) is 3.85. The molecule has 6 heteroatoms. The van der Waals surface area contributed by atoms with Crippen molar-refractivity contribution in [2.75, 3.05) is 13.1 Å². The first-order valence-electron chi connectivity index (χ1n) is 6.30. The zero-order valence-electron chi connectivity index (χ0n) is 10.8. The minimum Gasteiger partial charge on any atom is -0.212 e. The number of halogens is 2. The second-order valence-electron chi connectivity index (χ2n) is 5.10. The van der Waals surface area contributed by atoms with Crippen LogP contribution in [0.15, 0.2) is 18.2 Å². The molecule has 3 nitrogen and oxygen atoms in total. The molecule has 1 fully saturated rings. The van der Waals surface area contributed by atoms with Crippen LogP contribution in [0.25, 0.3) is 0 Å². The van der Waals surface area contributed by atoms with Gasteiger partial charge in [-0.15, -0.1) is 0 Å². The standard InChI is InChI=1S/C13H17Cl2NO2S/c1-10-3-2-6-16(8-10)19(17,18)9-11-4-5-12(14)7-13(11)15/h4-5,7,10H,2-3,6,8-9H2,1H3/t10-/m0/s1. The van der Waals surface area contributed by atoms with Crippen LogP contribution >= 0.6 is 23.2 Å². The molecular formula is C13H17Cl2NO2S.